The van der Waals surface area contributed by atoms with Gasteiger partial charge in [-0.15, -0.1) is 0 Å². The zero-order chi connectivity index (χ0) is 34.9. The molecule has 0 radical (unpaired) electrons. The summed E-state index contributed by atoms with van der Waals surface area (Å²) in [5.41, 5.74) is 0. The summed E-state index contributed by atoms with van der Waals surface area (Å²) in [7, 11) is -7.22. The van der Waals surface area contributed by atoms with Gasteiger partial charge in [0.2, 0.25) is 0 Å². The monoisotopic (exact) mass is 890 g/mol. The molecule has 0 unspecified atom stereocenters. The molecule has 7 heteroatoms. The summed E-state index contributed by atoms with van der Waals surface area (Å²) < 4.78 is 0. The Kier molecular flexibility index (Phi) is 28.5. The summed E-state index contributed by atoms with van der Waals surface area (Å²) >= 11 is 0. The molecule has 0 rings (SSSR count). The number of rotatable bonds is 24. The standard InChI is InChI=1S/2C19H45Si3.Lu/c2*1-10-20(11-2,12-3)19(21(13-4,14-5)15-6)22(16-7,17-8)18-9;/h2*10-18H2,1-9H3;/q2*-1;+3. The van der Waals surface area contributed by atoms with Crippen molar-refractivity contribution in [1.82, 2.24) is 0 Å². The second-order valence-corrected chi connectivity index (χ2v) is 48.9. The SMILES string of the molecule is CC[Si](CC)(CC)[C-]([Si](CC)(CC)CC)[Si](CC)(CC)CC.CC[Si](CC)(CC)[C-]([Si](CC)(CC)CC)[Si](CC)(CC)CC.[Lu+3]. The van der Waals surface area contributed by atoms with Gasteiger partial charge >= 0.3 is 36.9 Å². The van der Waals surface area contributed by atoms with Gasteiger partial charge in [0.25, 0.3) is 0 Å². The van der Waals surface area contributed by atoms with Crippen molar-refractivity contribution in [2.75, 3.05) is 0 Å². The first-order valence-electron chi connectivity index (χ1n) is 20.6. The van der Waals surface area contributed by atoms with Gasteiger partial charge in [0.1, 0.15) is 0 Å². The maximum Gasteiger partial charge on any atom is 3.00 e. The first kappa shape index (κ1) is 51.9. The van der Waals surface area contributed by atoms with Crippen molar-refractivity contribution in [2.45, 2.75) is 233 Å². The van der Waals surface area contributed by atoms with Crippen LogP contribution in [-0.4, -0.2) is 48.4 Å². The van der Waals surface area contributed by atoms with E-state index in [0.717, 1.165) is 0 Å². The number of hydrogen-bond acceptors (Lipinski definition) is 0. The van der Waals surface area contributed by atoms with E-state index >= 15 is 0 Å². The fourth-order valence-electron chi connectivity index (χ4n) is 11.1. The molecular formula is C38H90LuSi6+. The molecular weight excluding hydrogens is 800 g/mol. The fourth-order valence-corrected chi connectivity index (χ4v) is 72.5. The molecule has 0 aliphatic heterocycles. The van der Waals surface area contributed by atoms with Crippen LogP contribution in [0.5, 0.6) is 0 Å². The summed E-state index contributed by atoms with van der Waals surface area (Å²) in [4.78, 5) is 4.75. The molecule has 0 aromatic heterocycles. The summed E-state index contributed by atoms with van der Waals surface area (Å²) in [6.07, 6.45) is 0. The predicted molar refractivity (Wildman–Crippen MR) is 230 cm³/mol. The first-order chi connectivity index (χ1) is 20.8. The Labute approximate surface area is 325 Å². The molecule has 0 amide bonds. The Bertz CT molecular complexity index is 500. The molecule has 0 aliphatic carbocycles. The van der Waals surface area contributed by atoms with Crippen LogP contribution in [0.2, 0.25) is 109 Å². The van der Waals surface area contributed by atoms with Crippen molar-refractivity contribution in [3.05, 3.63) is 9.58 Å². The molecule has 0 atom stereocenters. The van der Waals surface area contributed by atoms with Crippen LogP contribution in [0, 0.1) is 46.5 Å². The molecule has 0 spiro atoms. The van der Waals surface area contributed by atoms with Crippen LogP contribution in [0.3, 0.4) is 0 Å². The molecule has 0 N–H and O–H groups in total. The number of hydrogen-bond donors (Lipinski definition) is 0. The van der Waals surface area contributed by atoms with Gasteiger partial charge < -0.3 is 9.58 Å². The molecule has 280 valence electrons. The topological polar surface area (TPSA) is 0 Å². The smallest absolute Gasteiger partial charge is 0.309 e. The summed E-state index contributed by atoms with van der Waals surface area (Å²) in [6.45, 7) is 45.7. The molecule has 45 heavy (non-hydrogen) atoms. The minimum absolute atomic E-state index is 0. The summed E-state index contributed by atoms with van der Waals surface area (Å²) in [6, 6.07) is 27.2. The average Bonchev–Trinajstić information content (AvgIpc) is 3.10. The zero-order valence-electron chi connectivity index (χ0n) is 35.0. The van der Waals surface area contributed by atoms with Crippen LogP contribution >= 0.6 is 0 Å². The van der Waals surface area contributed by atoms with Gasteiger partial charge in [0.05, 0.1) is 0 Å². The van der Waals surface area contributed by atoms with E-state index in [4.69, 9.17) is 0 Å². The van der Waals surface area contributed by atoms with Gasteiger partial charge in [0.15, 0.2) is 0 Å². The van der Waals surface area contributed by atoms with Gasteiger partial charge in [-0.05, 0) is 0 Å². The van der Waals surface area contributed by atoms with Crippen molar-refractivity contribution in [3.63, 3.8) is 0 Å². The maximum absolute atomic E-state index is 2.54. The van der Waals surface area contributed by atoms with Gasteiger partial charge in [-0.1, -0.05) is 282 Å². The quantitative estimate of drug-likeness (QED) is 0.0669. The van der Waals surface area contributed by atoms with Crippen molar-refractivity contribution < 1.29 is 36.9 Å². The van der Waals surface area contributed by atoms with Crippen LogP contribution in [0.4, 0.5) is 0 Å². The van der Waals surface area contributed by atoms with Crippen molar-refractivity contribution in [1.29, 1.82) is 0 Å². The fraction of sp³-hybridized carbons (Fsp3) is 0.947. The minimum Gasteiger partial charge on any atom is -0.309 e. The Morgan fingerprint density at radius 2 is 0.267 bits per heavy atom. The van der Waals surface area contributed by atoms with E-state index in [0.29, 0.717) is 0 Å². The van der Waals surface area contributed by atoms with Crippen LogP contribution < -0.4 is 0 Å². The van der Waals surface area contributed by atoms with Gasteiger partial charge in [-0.3, -0.25) is 0 Å². The van der Waals surface area contributed by atoms with E-state index in [1.54, 1.807) is 0 Å². The van der Waals surface area contributed by atoms with Gasteiger partial charge in [0, 0.05) is 0 Å². The maximum atomic E-state index is 2.54. The Hall–Kier alpha value is 2.54. The first-order valence-corrected chi connectivity index (χ1v) is 36.3. The van der Waals surface area contributed by atoms with E-state index in [9.17, 15) is 0 Å². The largest absolute Gasteiger partial charge is 3.00 e. The molecule has 0 fully saturated rings. The Morgan fingerprint density at radius 3 is 0.311 bits per heavy atom. The van der Waals surface area contributed by atoms with Crippen molar-refractivity contribution in [3.8, 4) is 0 Å². The van der Waals surface area contributed by atoms with Crippen molar-refractivity contribution >= 4 is 48.4 Å². The van der Waals surface area contributed by atoms with Crippen LogP contribution in [0.25, 0.3) is 0 Å². The Morgan fingerprint density at radius 1 is 0.200 bits per heavy atom. The Balaban J connectivity index is -0.000000767. The molecule has 0 aliphatic rings. The molecule has 0 bridgehead atoms. The molecule has 0 saturated heterocycles. The average molecular weight is 891 g/mol. The summed E-state index contributed by atoms with van der Waals surface area (Å²) in [5, 5.41) is 0. The van der Waals surface area contributed by atoms with Crippen molar-refractivity contribution in [2.24, 2.45) is 0 Å². The predicted octanol–water partition coefficient (Wildman–Crippen LogP) is 15.4. The van der Waals surface area contributed by atoms with Gasteiger partial charge in [-0.25, -0.2) is 0 Å². The second kappa shape index (κ2) is 24.7. The third-order valence-corrected chi connectivity index (χ3v) is 65.2. The molecule has 0 aromatic rings. The van der Waals surface area contributed by atoms with E-state index in [2.05, 4.69) is 134 Å². The van der Waals surface area contributed by atoms with Gasteiger partial charge in [-0.2, -0.15) is 0 Å². The third kappa shape index (κ3) is 10.8. The molecule has 0 saturated carbocycles. The van der Waals surface area contributed by atoms with E-state index in [1.165, 1.54) is 109 Å². The molecule has 0 nitrogen and oxygen atoms in total. The third-order valence-electron chi connectivity index (χ3n) is 15.4. The molecule has 0 aromatic carbocycles. The molecule has 0 heterocycles. The minimum atomic E-state index is -1.20. The second-order valence-electron chi connectivity index (χ2n) is 14.8. The van der Waals surface area contributed by atoms with Crippen LogP contribution in [-0.2, 0) is 0 Å². The van der Waals surface area contributed by atoms with E-state index in [-0.39, 0.29) is 36.9 Å². The van der Waals surface area contributed by atoms with Crippen LogP contribution in [0.15, 0.2) is 0 Å². The summed E-state index contributed by atoms with van der Waals surface area (Å²) in [5.74, 6) is 0. The van der Waals surface area contributed by atoms with E-state index in [1.807, 2.05) is 0 Å². The normalized spacial score (nSPS) is 13.6. The van der Waals surface area contributed by atoms with Crippen LogP contribution in [0.1, 0.15) is 125 Å². The van der Waals surface area contributed by atoms with E-state index < -0.39 is 48.4 Å². The zero-order valence-corrected chi connectivity index (χ0v) is 42.6.